The summed E-state index contributed by atoms with van der Waals surface area (Å²) in [6, 6.07) is 1.06. The van der Waals surface area contributed by atoms with Crippen LogP contribution < -0.4 is 5.32 Å². The zero-order valence-corrected chi connectivity index (χ0v) is 10.5. The van der Waals surface area contributed by atoms with Gasteiger partial charge in [0.15, 0.2) is 0 Å². The molecule has 1 unspecified atom stereocenters. The number of benzene rings is 1. The molecule has 0 bridgehead atoms. The molecule has 102 valence electrons. The largest absolute Gasteiger partial charge is 0.455 e. The highest BCUT2D eigenvalue weighted by Crippen LogP contribution is 2.45. The Balaban J connectivity index is 3.26. The molecule has 1 atom stereocenters. The van der Waals surface area contributed by atoms with Gasteiger partial charge in [0.1, 0.15) is 6.04 Å². The number of nitrogens with one attached hydrogen (secondary N) is 1. The van der Waals surface area contributed by atoms with Crippen molar-refractivity contribution in [3.63, 3.8) is 0 Å². The van der Waals surface area contributed by atoms with Crippen molar-refractivity contribution in [1.29, 1.82) is 0 Å². The van der Waals surface area contributed by atoms with Crippen LogP contribution in [0.4, 0.5) is 22.0 Å². The molecule has 0 aromatic heterocycles. The lowest BCUT2D eigenvalue weighted by atomic mass is 10.00. The van der Waals surface area contributed by atoms with E-state index >= 15 is 0 Å². The predicted octanol–water partition coefficient (Wildman–Crippen LogP) is 4.45. The maximum atomic E-state index is 13.3. The third-order valence-corrected chi connectivity index (χ3v) is 2.87. The van der Waals surface area contributed by atoms with Gasteiger partial charge in [0.2, 0.25) is 0 Å². The second kappa shape index (κ2) is 5.19. The van der Waals surface area contributed by atoms with Crippen molar-refractivity contribution in [3.8, 4) is 0 Å². The van der Waals surface area contributed by atoms with Gasteiger partial charge in [-0.05, 0) is 24.7 Å². The summed E-state index contributed by atoms with van der Waals surface area (Å²) >= 11 is 11.2. The van der Waals surface area contributed by atoms with Crippen molar-refractivity contribution in [2.75, 3.05) is 7.05 Å². The Kier molecular flexibility index (Phi) is 4.46. The van der Waals surface area contributed by atoms with Gasteiger partial charge in [-0.25, -0.2) is 0 Å². The normalized spacial score (nSPS) is 14.7. The molecule has 0 aliphatic heterocycles. The molecule has 0 amide bonds. The molecule has 8 heteroatoms. The standard InChI is InChI=1S/C10H8Cl2F5N/c1-18-8(9(13,14)10(15,16)17)6-3-2-5(11)4-7(6)12/h2-4,8,18H,1H3. The van der Waals surface area contributed by atoms with Crippen molar-refractivity contribution < 1.29 is 22.0 Å². The van der Waals surface area contributed by atoms with Crippen LogP contribution in [-0.2, 0) is 0 Å². The lowest BCUT2D eigenvalue weighted by molar-refractivity contribution is -0.293. The van der Waals surface area contributed by atoms with E-state index in [0.29, 0.717) is 0 Å². The predicted molar refractivity (Wildman–Crippen MR) is 59.3 cm³/mol. The average Bonchev–Trinajstić information content (AvgIpc) is 2.20. The van der Waals surface area contributed by atoms with Crippen molar-refractivity contribution in [1.82, 2.24) is 5.32 Å². The van der Waals surface area contributed by atoms with E-state index in [2.05, 4.69) is 0 Å². The molecule has 0 fully saturated rings. The van der Waals surface area contributed by atoms with Crippen molar-refractivity contribution in [2.45, 2.75) is 18.1 Å². The molecule has 0 radical (unpaired) electrons. The van der Waals surface area contributed by atoms with Crippen molar-refractivity contribution in [3.05, 3.63) is 33.8 Å². The average molecular weight is 308 g/mol. The van der Waals surface area contributed by atoms with Gasteiger partial charge in [-0.3, -0.25) is 0 Å². The highest BCUT2D eigenvalue weighted by atomic mass is 35.5. The molecule has 1 N–H and O–H groups in total. The monoisotopic (exact) mass is 307 g/mol. The molecule has 0 aliphatic rings. The fourth-order valence-corrected chi connectivity index (χ4v) is 1.95. The van der Waals surface area contributed by atoms with E-state index in [0.717, 1.165) is 19.2 Å². The van der Waals surface area contributed by atoms with Gasteiger partial charge >= 0.3 is 12.1 Å². The van der Waals surface area contributed by atoms with Gasteiger partial charge in [-0.1, -0.05) is 29.3 Å². The van der Waals surface area contributed by atoms with Crippen LogP contribution >= 0.6 is 23.2 Å². The molecular formula is C10H8Cl2F5N. The highest BCUT2D eigenvalue weighted by Gasteiger charge is 2.62. The molecule has 1 aromatic carbocycles. The summed E-state index contributed by atoms with van der Waals surface area (Å²) in [7, 11) is 0.995. The first kappa shape index (κ1) is 15.5. The Morgan fingerprint density at radius 2 is 1.67 bits per heavy atom. The van der Waals surface area contributed by atoms with Crippen molar-refractivity contribution >= 4 is 23.2 Å². The Bertz CT molecular complexity index is 433. The van der Waals surface area contributed by atoms with Crippen LogP contribution in [0.3, 0.4) is 0 Å². The minimum atomic E-state index is -5.68. The summed E-state index contributed by atoms with van der Waals surface area (Å²) in [6.07, 6.45) is -5.68. The quantitative estimate of drug-likeness (QED) is 0.813. The molecular weight excluding hydrogens is 300 g/mol. The van der Waals surface area contributed by atoms with Gasteiger partial charge in [-0.2, -0.15) is 22.0 Å². The van der Waals surface area contributed by atoms with Crippen LogP contribution in [0, 0.1) is 0 Å². The second-order valence-electron chi connectivity index (χ2n) is 3.51. The van der Waals surface area contributed by atoms with E-state index in [-0.39, 0.29) is 15.6 Å². The van der Waals surface area contributed by atoms with E-state index < -0.39 is 18.1 Å². The summed E-state index contributed by atoms with van der Waals surface area (Å²) in [5, 5.41) is 1.82. The molecule has 1 rings (SSSR count). The van der Waals surface area contributed by atoms with Crippen molar-refractivity contribution in [2.24, 2.45) is 0 Å². The number of hydrogen-bond acceptors (Lipinski definition) is 1. The topological polar surface area (TPSA) is 12.0 Å². The Hall–Kier alpha value is -0.590. The first-order valence-electron chi connectivity index (χ1n) is 4.68. The summed E-state index contributed by atoms with van der Waals surface area (Å²) in [5.74, 6) is -4.95. The smallest absolute Gasteiger partial charge is 0.308 e. The second-order valence-corrected chi connectivity index (χ2v) is 4.35. The minimum Gasteiger partial charge on any atom is -0.308 e. The van der Waals surface area contributed by atoms with Gasteiger partial charge in [-0.15, -0.1) is 0 Å². The Morgan fingerprint density at radius 3 is 2.06 bits per heavy atom. The summed E-state index contributed by atoms with van der Waals surface area (Å²) in [6.45, 7) is 0. The molecule has 1 nitrogen and oxygen atoms in total. The van der Waals surface area contributed by atoms with Crippen LogP contribution in [0.5, 0.6) is 0 Å². The van der Waals surface area contributed by atoms with Crippen LogP contribution in [-0.4, -0.2) is 19.1 Å². The number of rotatable bonds is 3. The first-order chi connectivity index (χ1) is 8.11. The maximum Gasteiger partial charge on any atom is 0.455 e. The summed E-state index contributed by atoms with van der Waals surface area (Å²) < 4.78 is 63.5. The SMILES string of the molecule is CNC(c1ccc(Cl)cc1Cl)C(F)(F)C(F)(F)F. The first-order valence-corrected chi connectivity index (χ1v) is 5.43. The van der Waals surface area contributed by atoms with E-state index in [1.165, 1.54) is 6.07 Å². The lowest BCUT2D eigenvalue weighted by Gasteiger charge is -2.29. The summed E-state index contributed by atoms with van der Waals surface area (Å²) in [5.41, 5.74) is -0.370. The van der Waals surface area contributed by atoms with E-state index in [9.17, 15) is 22.0 Å². The highest BCUT2D eigenvalue weighted by molar-refractivity contribution is 6.35. The number of alkyl halides is 5. The molecule has 1 aromatic rings. The Labute approximate surface area is 110 Å². The third kappa shape index (κ3) is 2.87. The summed E-state index contributed by atoms with van der Waals surface area (Å²) in [4.78, 5) is 0. The molecule has 0 saturated heterocycles. The van der Waals surface area contributed by atoms with Gasteiger partial charge in [0.05, 0.1) is 0 Å². The maximum absolute atomic E-state index is 13.3. The minimum absolute atomic E-state index is 0.147. The Morgan fingerprint density at radius 1 is 1.11 bits per heavy atom. The van der Waals surface area contributed by atoms with Gasteiger partial charge < -0.3 is 5.32 Å². The van der Waals surface area contributed by atoms with Gasteiger partial charge in [0, 0.05) is 10.0 Å². The zero-order chi connectivity index (χ0) is 14.1. The zero-order valence-electron chi connectivity index (χ0n) is 8.96. The lowest BCUT2D eigenvalue weighted by Crippen LogP contribution is -2.47. The molecule has 0 spiro atoms. The number of halogens is 7. The van der Waals surface area contributed by atoms with Crippen LogP contribution in [0.25, 0.3) is 0 Å². The fourth-order valence-electron chi connectivity index (χ4n) is 1.43. The molecule has 18 heavy (non-hydrogen) atoms. The fraction of sp³-hybridized carbons (Fsp3) is 0.400. The number of hydrogen-bond donors (Lipinski definition) is 1. The van der Waals surface area contributed by atoms with E-state index in [1.54, 1.807) is 0 Å². The van der Waals surface area contributed by atoms with Crippen LogP contribution in [0.2, 0.25) is 10.0 Å². The molecule has 0 aliphatic carbocycles. The van der Waals surface area contributed by atoms with Crippen LogP contribution in [0.15, 0.2) is 18.2 Å². The van der Waals surface area contributed by atoms with Crippen LogP contribution in [0.1, 0.15) is 11.6 Å². The van der Waals surface area contributed by atoms with E-state index in [1.807, 2.05) is 5.32 Å². The van der Waals surface area contributed by atoms with E-state index in [4.69, 9.17) is 23.2 Å². The van der Waals surface area contributed by atoms with Gasteiger partial charge in [0.25, 0.3) is 0 Å². The third-order valence-electron chi connectivity index (χ3n) is 2.30. The molecule has 0 heterocycles. The molecule has 0 saturated carbocycles.